The number of rotatable bonds is 12. The Balaban J connectivity index is 1.56. The van der Waals surface area contributed by atoms with Gasteiger partial charge in [0.25, 0.3) is 5.91 Å². The highest BCUT2D eigenvalue weighted by Gasteiger charge is 2.46. The lowest BCUT2D eigenvalue weighted by molar-refractivity contribution is -0.129. The maximum absolute atomic E-state index is 13.7. The molecule has 1 aromatic heterocycles. The van der Waals surface area contributed by atoms with E-state index in [4.69, 9.17) is 5.73 Å². The lowest BCUT2D eigenvalue weighted by atomic mass is 10.0. The number of nitrogens with one attached hydrogen (secondary N) is 3. The van der Waals surface area contributed by atoms with Crippen LogP contribution in [0.2, 0.25) is 0 Å². The number of carbonyl (C=O) groups is 4. The fourth-order valence-corrected chi connectivity index (χ4v) is 7.76. The van der Waals surface area contributed by atoms with Crippen LogP contribution in [0.4, 0.5) is 0 Å². The van der Waals surface area contributed by atoms with Gasteiger partial charge in [0, 0.05) is 17.1 Å². The van der Waals surface area contributed by atoms with E-state index in [-0.39, 0.29) is 24.2 Å². The maximum Gasteiger partial charge on any atom is 0.370 e. The van der Waals surface area contributed by atoms with Crippen LogP contribution in [0.25, 0.3) is 10.9 Å². The van der Waals surface area contributed by atoms with Gasteiger partial charge in [-0.25, -0.2) is 4.98 Å². The van der Waals surface area contributed by atoms with Gasteiger partial charge >= 0.3 is 8.56 Å². The molecule has 246 valence electrons. The zero-order valence-corrected chi connectivity index (χ0v) is 27.5. The van der Waals surface area contributed by atoms with Crippen molar-refractivity contribution in [3.63, 3.8) is 0 Å². The molecule has 0 spiro atoms. The Morgan fingerprint density at radius 2 is 1.67 bits per heavy atom. The van der Waals surface area contributed by atoms with E-state index < -0.39 is 56.0 Å². The van der Waals surface area contributed by atoms with E-state index in [0.29, 0.717) is 18.5 Å². The van der Waals surface area contributed by atoms with Crippen LogP contribution in [0, 0.1) is 0 Å². The molecule has 1 aliphatic rings. The highest BCUT2D eigenvalue weighted by atomic mass is 28.4. The average Bonchev–Trinajstić information content (AvgIpc) is 2.99. The summed E-state index contributed by atoms with van der Waals surface area (Å²) in [6.07, 6.45) is 1.54. The van der Waals surface area contributed by atoms with Crippen molar-refractivity contribution in [1.29, 1.82) is 0 Å². The molecule has 46 heavy (non-hydrogen) atoms. The number of primary amides is 1. The first-order valence-electron chi connectivity index (χ1n) is 15.5. The Bertz CT molecular complexity index is 1550. The Morgan fingerprint density at radius 1 is 0.978 bits per heavy atom. The molecule has 0 unspecified atom stereocenters. The van der Waals surface area contributed by atoms with Gasteiger partial charge in [0.05, 0.1) is 23.6 Å². The molecule has 2 heterocycles. The third-order valence-electron chi connectivity index (χ3n) is 7.87. The normalized spacial score (nSPS) is 17.1. The summed E-state index contributed by atoms with van der Waals surface area (Å²) in [5.74, 6) is -2.50. The van der Waals surface area contributed by atoms with Crippen molar-refractivity contribution in [1.82, 2.24) is 25.8 Å². The summed E-state index contributed by atoms with van der Waals surface area (Å²) in [6, 6.07) is 17.6. The van der Waals surface area contributed by atoms with Gasteiger partial charge in [-0.1, -0.05) is 61.0 Å². The Hall–Kier alpha value is -4.17. The topological polar surface area (TPSA) is 187 Å². The van der Waals surface area contributed by atoms with Crippen molar-refractivity contribution in [2.75, 3.05) is 12.7 Å². The number of amides is 4. The van der Waals surface area contributed by atoms with Crippen molar-refractivity contribution < 1.29 is 28.8 Å². The van der Waals surface area contributed by atoms with E-state index >= 15 is 0 Å². The van der Waals surface area contributed by atoms with E-state index in [1.54, 1.807) is 47.4 Å². The number of nitrogens with zero attached hydrogens (tertiary/aromatic N) is 2. The van der Waals surface area contributed by atoms with Crippen LogP contribution in [0.3, 0.4) is 0 Å². The summed E-state index contributed by atoms with van der Waals surface area (Å²) in [5, 5.41) is 9.09. The van der Waals surface area contributed by atoms with E-state index in [1.807, 2.05) is 39.0 Å². The summed E-state index contributed by atoms with van der Waals surface area (Å²) in [5.41, 5.74) is 5.20. The first-order chi connectivity index (χ1) is 21.7. The van der Waals surface area contributed by atoms with Crippen molar-refractivity contribution >= 4 is 43.1 Å². The van der Waals surface area contributed by atoms with Crippen molar-refractivity contribution in [3.05, 3.63) is 78.0 Å². The average molecular weight is 649 g/mol. The zero-order valence-electron chi connectivity index (χ0n) is 26.5. The minimum atomic E-state index is -4.36. The number of carbonyl (C=O) groups excluding carboxylic acids is 4. The summed E-state index contributed by atoms with van der Waals surface area (Å²) < 4.78 is 0. The summed E-state index contributed by atoms with van der Waals surface area (Å²) in [7, 11) is -4.36. The van der Waals surface area contributed by atoms with E-state index in [1.165, 1.54) is 6.07 Å². The molecular weight excluding hydrogens is 604 g/mol. The fourth-order valence-electron chi connectivity index (χ4n) is 5.63. The molecule has 0 radical (unpaired) electrons. The molecule has 7 N–H and O–H groups in total. The fraction of sp³-hybridized carbons (Fsp3) is 0.424. The predicted molar refractivity (Wildman–Crippen MR) is 176 cm³/mol. The second kappa shape index (κ2) is 14.9. The molecule has 0 bridgehead atoms. The molecule has 1 aliphatic heterocycles. The van der Waals surface area contributed by atoms with Crippen LogP contribution in [-0.2, 0) is 20.8 Å². The predicted octanol–water partition coefficient (Wildman–Crippen LogP) is 1.21. The van der Waals surface area contributed by atoms with E-state index in [9.17, 15) is 28.8 Å². The van der Waals surface area contributed by atoms with Gasteiger partial charge in [-0.3, -0.25) is 24.1 Å². The van der Waals surface area contributed by atoms with Crippen LogP contribution in [0.1, 0.15) is 62.5 Å². The van der Waals surface area contributed by atoms with Gasteiger partial charge < -0.3 is 31.3 Å². The summed E-state index contributed by atoms with van der Waals surface area (Å²) >= 11 is 0. The van der Waals surface area contributed by atoms with Crippen molar-refractivity contribution in [3.8, 4) is 0 Å². The molecule has 0 saturated carbocycles. The number of nitrogens with two attached hydrogens (primary N) is 1. The quantitative estimate of drug-likeness (QED) is 0.158. The van der Waals surface area contributed by atoms with Crippen LogP contribution in [0.5, 0.6) is 0 Å². The number of fused-ring (bicyclic) bond motifs is 1. The summed E-state index contributed by atoms with van der Waals surface area (Å²) in [4.78, 5) is 81.6. The zero-order chi connectivity index (χ0) is 33.5. The highest BCUT2D eigenvalue weighted by molar-refractivity contribution is 6.67. The number of hydrogen-bond donors (Lipinski definition) is 6. The highest BCUT2D eigenvalue weighted by Crippen LogP contribution is 2.22. The van der Waals surface area contributed by atoms with Crippen LogP contribution >= 0.6 is 0 Å². The number of pyridine rings is 1. The van der Waals surface area contributed by atoms with E-state index in [2.05, 4.69) is 20.9 Å². The first-order valence-corrected chi connectivity index (χ1v) is 17.7. The minimum absolute atomic E-state index is 0.0412. The van der Waals surface area contributed by atoms with Crippen LogP contribution in [-0.4, -0.2) is 87.7 Å². The molecule has 12 nitrogen and oxygen atoms in total. The van der Waals surface area contributed by atoms with Gasteiger partial charge in [0.2, 0.25) is 17.7 Å². The molecule has 2 aromatic carbocycles. The third kappa shape index (κ3) is 9.66. The number of likely N-dealkylation sites (tertiary alicyclic amines) is 1. The van der Waals surface area contributed by atoms with Crippen molar-refractivity contribution in [2.24, 2.45) is 5.73 Å². The standard InChI is InChI=1S/C33H44N6O6Si/c1-33(2,3)38-32(43)27-15-9-10-18-39(27)21-46(44,45)29(19-22-11-5-4-6-12-22)37-31(42)26(20-28(34)40)36-30(41)25-17-16-23-13-7-8-14-24(23)35-25/h4-8,11-14,16-17,26-27,29,44-45H,9-10,15,18-21H2,1-3H3,(H2,34,40)(H,36,41)(H,37,42)(H,38,43)/t26-,27-,29+/m0/s1. The van der Waals surface area contributed by atoms with E-state index in [0.717, 1.165) is 23.8 Å². The Labute approximate surface area is 270 Å². The van der Waals surface area contributed by atoms with Gasteiger partial charge in [-0.05, 0) is 64.3 Å². The molecule has 13 heteroatoms. The lowest BCUT2D eigenvalue weighted by Gasteiger charge is -2.40. The van der Waals surface area contributed by atoms with Gasteiger partial charge in [0.1, 0.15) is 11.7 Å². The number of benzene rings is 2. The Morgan fingerprint density at radius 3 is 2.37 bits per heavy atom. The lowest BCUT2D eigenvalue weighted by Crippen LogP contribution is -2.68. The molecular formula is C33H44N6O6Si. The minimum Gasteiger partial charge on any atom is -0.409 e. The monoisotopic (exact) mass is 648 g/mol. The molecule has 4 rings (SSSR count). The number of hydrogen-bond acceptors (Lipinski definition) is 8. The largest absolute Gasteiger partial charge is 0.409 e. The molecule has 3 aromatic rings. The molecule has 4 amide bonds. The first kappa shape index (κ1) is 34.7. The third-order valence-corrected chi connectivity index (χ3v) is 10.2. The van der Waals surface area contributed by atoms with Crippen LogP contribution in [0.15, 0.2) is 66.7 Å². The second-order valence-electron chi connectivity index (χ2n) is 12.9. The molecule has 0 aliphatic carbocycles. The molecule has 1 fully saturated rings. The Kier molecular flexibility index (Phi) is 11.3. The van der Waals surface area contributed by atoms with Gasteiger partial charge in [0.15, 0.2) is 0 Å². The number of aromatic nitrogens is 1. The second-order valence-corrected chi connectivity index (χ2v) is 15.7. The van der Waals surface area contributed by atoms with Crippen molar-refractivity contribution in [2.45, 2.75) is 76.2 Å². The summed E-state index contributed by atoms with van der Waals surface area (Å²) in [6.45, 7) is 6.15. The van der Waals surface area contributed by atoms with Gasteiger partial charge in [-0.15, -0.1) is 0 Å². The molecule has 3 atom stereocenters. The number of para-hydroxylation sites is 1. The smallest absolute Gasteiger partial charge is 0.370 e. The maximum atomic E-state index is 13.7. The van der Waals surface area contributed by atoms with Gasteiger partial charge in [-0.2, -0.15) is 0 Å². The van der Waals surface area contributed by atoms with Crippen LogP contribution < -0.4 is 21.7 Å². The number of piperidine rings is 1. The molecule has 1 saturated heterocycles. The SMILES string of the molecule is CC(C)(C)NC(=O)[C@@H]1CCCCN1C[Si](O)(O)[C@H](Cc1ccccc1)NC(=O)[C@H](CC(N)=O)NC(=O)c1ccc2ccccc2n1.